The van der Waals surface area contributed by atoms with E-state index in [0.29, 0.717) is 6.61 Å². The lowest BCUT2D eigenvalue weighted by Gasteiger charge is -2.09. The Morgan fingerprint density at radius 3 is 3.00 bits per heavy atom. The van der Waals surface area contributed by atoms with E-state index in [2.05, 4.69) is 5.10 Å². The van der Waals surface area contributed by atoms with E-state index < -0.39 is 6.23 Å². The highest BCUT2D eigenvalue weighted by molar-refractivity contribution is 6.02. The first-order valence-electron chi connectivity index (χ1n) is 3.58. The van der Waals surface area contributed by atoms with Crippen molar-refractivity contribution in [2.24, 2.45) is 5.10 Å². The lowest BCUT2D eigenvalue weighted by atomic mass is 10.3. The summed E-state index contributed by atoms with van der Waals surface area (Å²) in [4.78, 5) is 10.3. The zero-order chi connectivity index (χ0) is 9.14. The highest BCUT2D eigenvalue weighted by Gasteiger charge is 2.30. The van der Waals surface area contributed by atoms with E-state index in [9.17, 15) is 9.90 Å². The first kappa shape index (κ1) is 8.77. The van der Waals surface area contributed by atoms with Crippen LogP contribution in [0.2, 0.25) is 0 Å². The quantitative estimate of drug-likeness (QED) is 0.531. The van der Waals surface area contributed by atoms with Gasteiger partial charge in [0.1, 0.15) is 11.5 Å². The summed E-state index contributed by atoms with van der Waals surface area (Å²) in [6, 6.07) is 0. The van der Waals surface area contributed by atoms with Crippen LogP contribution in [-0.4, -0.2) is 41.8 Å². The Hall–Kier alpha value is -1.32. The molecule has 1 atom stereocenters. The fraction of sp³-hybridized carbons (Fsp3) is 0.571. The molecule has 1 N–H and O–H groups in total. The van der Waals surface area contributed by atoms with Crippen LogP contribution in [0.4, 0.5) is 0 Å². The summed E-state index contributed by atoms with van der Waals surface area (Å²) in [7, 11) is 1.55. The normalized spacial score (nSPS) is 22.2. The maximum absolute atomic E-state index is 10.3. The van der Waals surface area contributed by atoms with Crippen molar-refractivity contribution < 1.29 is 14.6 Å². The zero-order valence-electron chi connectivity index (χ0n) is 6.94. The summed E-state index contributed by atoms with van der Waals surface area (Å²) in [6.45, 7) is 2.18. The third-order valence-corrected chi connectivity index (χ3v) is 1.48. The van der Waals surface area contributed by atoms with Crippen LogP contribution < -0.4 is 0 Å². The van der Waals surface area contributed by atoms with E-state index in [1.165, 1.54) is 5.01 Å². The van der Waals surface area contributed by atoms with E-state index in [1.54, 1.807) is 19.9 Å². The first-order chi connectivity index (χ1) is 5.70. The third-order valence-electron chi connectivity index (χ3n) is 1.48. The number of rotatable bonds is 1. The summed E-state index contributed by atoms with van der Waals surface area (Å²) in [5.41, 5.74) is 0.0550. The largest absolute Gasteiger partial charge is 0.476 e. The minimum absolute atomic E-state index is 0.0550. The van der Waals surface area contributed by atoms with Crippen molar-refractivity contribution in [1.82, 2.24) is 5.01 Å². The number of ether oxygens (including phenoxy) is 1. The molecule has 0 radical (unpaired) electrons. The molecule has 0 aromatic carbocycles. The number of likely N-dealkylation sites (N-methyl/N-ethyl adjacent to an activating group) is 1. The highest BCUT2D eigenvalue weighted by Crippen LogP contribution is 2.15. The number of nitrogens with zero attached hydrogens (tertiary/aromatic N) is 2. The maximum Gasteiger partial charge on any atom is 0.250 e. The second kappa shape index (κ2) is 3.38. The van der Waals surface area contributed by atoms with E-state index in [1.807, 2.05) is 0 Å². The van der Waals surface area contributed by atoms with E-state index in [-0.39, 0.29) is 11.5 Å². The van der Waals surface area contributed by atoms with Gasteiger partial charge in [-0.1, -0.05) is 0 Å². The lowest BCUT2D eigenvalue weighted by Crippen LogP contribution is -2.24. The molecule has 0 aromatic heterocycles. The van der Waals surface area contributed by atoms with Crippen LogP contribution in [0, 0.1) is 0 Å². The van der Waals surface area contributed by atoms with Crippen molar-refractivity contribution in [2.75, 3.05) is 13.7 Å². The monoisotopic (exact) mass is 170 g/mol. The molecule has 0 aliphatic carbocycles. The minimum Gasteiger partial charge on any atom is -0.476 e. The lowest BCUT2D eigenvalue weighted by molar-refractivity contribution is 0.0719. The summed E-state index contributed by atoms with van der Waals surface area (Å²) in [5, 5.41) is 14.3. The van der Waals surface area contributed by atoms with Gasteiger partial charge in [0.2, 0.25) is 5.90 Å². The van der Waals surface area contributed by atoms with Gasteiger partial charge in [0.15, 0.2) is 6.23 Å². The van der Waals surface area contributed by atoms with Gasteiger partial charge in [-0.2, -0.15) is 0 Å². The predicted molar refractivity (Wildman–Crippen MR) is 42.0 cm³/mol. The molecule has 0 bridgehead atoms. The Kier molecular flexibility index (Phi) is 2.47. The van der Waals surface area contributed by atoms with Crippen molar-refractivity contribution in [1.29, 1.82) is 0 Å². The van der Waals surface area contributed by atoms with Crippen LogP contribution in [0.5, 0.6) is 0 Å². The van der Waals surface area contributed by atoms with Crippen LogP contribution >= 0.6 is 0 Å². The number of carbonyl (C=O) groups excluding carboxylic acids is 1. The molecule has 5 nitrogen and oxygen atoms in total. The van der Waals surface area contributed by atoms with Gasteiger partial charge in [-0.3, -0.25) is 5.01 Å². The average molecular weight is 170 g/mol. The molecule has 5 heteroatoms. The molecular formula is C7H10N2O3. The molecule has 0 saturated heterocycles. The second-order valence-corrected chi connectivity index (χ2v) is 2.30. The summed E-state index contributed by atoms with van der Waals surface area (Å²) in [5.74, 6) is 1.75. The Morgan fingerprint density at radius 1 is 1.83 bits per heavy atom. The predicted octanol–water partition coefficient (Wildman–Crippen LogP) is -0.642. The van der Waals surface area contributed by atoms with Gasteiger partial charge in [0.25, 0.3) is 0 Å². The van der Waals surface area contributed by atoms with Gasteiger partial charge in [-0.05, 0) is 6.92 Å². The Labute approximate surface area is 69.9 Å². The molecular weight excluding hydrogens is 160 g/mol. The Morgan fingerprint density at radius 2 is 2.50 bits per heavy atom. The Balaban J connectivity index is 2.86. The SMILES string of the molecule is CCOC1=NN(C)C(O)C1=C=O. The molecule has 12 heavy (non-hydrogen) atoms. The fourth-order valence-electron chi connectivity index (χ4n) is 0.889. The van der Waals surface area contributed by atoms with Crippen molar-refractivity contribution in [2.45, 2.75) is 13.2 Å². The summed E-state index contributed by atoms with van der Waals surface area (Å²) < 4.78 is 5.00. The minimum atomic E-state index is -1.02. The summed E-state index contributed by atoms with van der Waals surface area (Å²) >= 11 is 0. The number of hydrazone groups is 1. The van der Waals surface area contributed by atoms with Gasteiger partial charge in [0, 0.05) is 7.05 Å². The van der Waals surface area contributed by atoms with E-state index in [0.717, 1.165) is 0 Å². The second-order valence-electron chi connectivity index (χ2n) is 2.30. The molecule has 1 unspecified atom stereocenters. The van der Waals surface area contributed by atoms with Crippen molar-refractivity contribution in [3.63, 3.8) is 0 Å². The fourth-order valence-corrected chi connectivity index (χ4v) is 0.889. The van der Waals surface area contributed by atoms with Gasteiger partial charge in [-0.15, -0.1) is 5.10 Å². The van der Waals surface area contributed by atoms with Gasteiger partial charge >= 0.3 is 0 Å². The molecule has 1 heterocycles. The molecule has 1 rings (SSSR count). The number of aliphatic hydroxyl groups excluding tert-OH is 1. The molecule has 0 fully saturated rings. The topological polar surface area (TPSA) is 62.1 Å². The van der Waals surface area contributed by atoms with Crippen molar-refractivity contribution in [3.05, 3.63) is 5.57 Å². The molecule has 1 aliphatic heterocycles. The smallest absolute Gasteiger partial charge is 0.250 e. The van der Waals surface area contributed by atoms with E-state index in [4.69, 9.17) is 4.74 Å². The van der Waals surface area contributed by atoms with Crippen LogP contribution in [0.25, 0.3) is 0 Å². The van der Waals surface area contributed by atoms with Gasteiger partial charge in [-0.25, -0.2) is 4.79 Å². The molecule has 0 amide bonds. The summed E-state index contributed by atoms with van der Waals surface area (Å²) in [6.07, 6.45) is -1.02. The first-order valence-corrected chi connectivity index (χ1v) is 3.58. The molecule has 1 aliphatic rings. The third kappa shape index (κ3) is 1.32. The zero-order valence-corrected chi connectivity index (χ0v) is 6.94. The van der Waals surface area contributed by atoms with Gasteiger partial charge in [0.05, 0.1) is 6.61 Å². The van der Waals surface area contributed by atoms with Crippen LogP contribution in [-0.2, 0) is 9.53 Å². The van der Waals surface area contributed by atoms with Crippen molar-refractivity contribution >= 4 is 11.8 Å². The Bertz CT molecular complexity index is 255. The van der Waals surface area contributed by atoms with Crippen LogP contribution in [0.15, 0.2) is 10.7 Å². The number of aliphatic hydroxyl groups is 1. The van der Waals surface area contributed by atoms with Crippen LogP contribution in [0.3, 0.4) is 0 Å². The molecule has 0 saturated carbocycles. The maximum atomic E-state index is 10.3. The van der Waals surface area contributed by atoms with Gasteiger partial charge < -0.3 is 9.84 Å². The molecule has 66 valence electrons. The molecule has 0 spiro atoms. The average Bonchev–Trinajstić information content (AvgIpc) is 2.29. The highest BCUT2D eigenvalue weighted by atomic mass is 16.5. The standard InChI is InChI=1S/C7H10N2O3/c1-3-12-6-5(4-10)7(11)9(2)8-6/h7,11H,3H2,1-2H3. The molecule has 0 aromatic rings. The van der Waals surface area contributed by atoms with Crippen molar-refractivity contribution in [3.8, 4) is 0 Å². The number of hydrogen-bond acceptors (Lipinski definition) is 5. The van der Waals surface area contributed by atoms with Crippen LogP contribution in [0.1, 0.15) is 6.92 Å². The number of hydrogen-bond donors (Lipinski definition) is 1. The van der Waals surface area contributed by atoms with E-state index >= 15 is 0 Å².